The van der Waals surface area contributed by atoms with Gasteiger partial charge in [0.25, 0.3) is 0 Å². The lowest BCUT2D eigenvalue weighted by molar-refractivity contribution is 0.227. The highest BCUT2D eigenvalue weighted by Gasteiger charge is 2.28. The van der Waals surface area contributed by atoms with Gasteiger partial charge in [-0.1, -0.05) is 31.7 Å². The molecule has 0 unspecified atom stereocenters. The van der Waals surface area contributed by atoms with Crippen LogP contribution in [0, 0.1) is 18.6 Å². The predicted molar refractivity (Wildman–Crippen MR) is 109 cm³/mol. The van der Waals surface area contributed by atoms with Crippen molar-refractivity contribution in [3.8, 4) is 0 Å². The molecule has 6 nitrogen and oxygen atoms in total. The molecular formula is C21H22F2N4O2S. The van der Waals surface area contributed by atoms with Crippen LogP contribution >= 0.6 is 11.8 Å². The van der Waals surface area contributed by atoms with Crippen molar-refractivity contribution < 1.29 is 18.4 Å². The number of rotatable bonds is 5. The van der Waals surface area contributed by atoms with Gasteiger partial charge in [0, 0.05) is 23.4 Å². The molecular weight excluding hydrogens is 410 g/mol. The summed E-state index contributed by atoms with van der Waals surface area (Å²) < 4.78 is 29.2. The van der Waals surface area contributed by atoms with E-state index in [0.717, 1.165) is 33.2 Å². The predicted octanol–water partition coefficient (Wildman–Crippen LogP) is 5.17. The summed E-state index contributed by atoms with van der Waals surface area (Å²) in [6.45, 7) is 6.68. The molecule has 3 aromatic rings. The van der Waals surface area contributed by atoms with Gasteiger partial charge in [0.1, 0.15) is 22.5 Å². The number of benzene rings is 1. The fourth-order valence-electron chi connectivity index (χ4n) is 2.71. The average molecular weight is 432 g/mol. The number of imidazole rings is 1. The summed E-state index contributed by atoms with van der Waals surface area (Å²) in [5.74, 6) is -0.0889. The molecule has 3 heterocycles. The van der Waals surface area contributed by atoms with Crippen molar-refractivity contribution in [2.24, 2.45) is 0 Å². The second-order valence-electron chi connectivity index (χ2n) is 7.01. The summed E-state index contributed by atoms with van der Waals surface area (Å²) in [4.78, 5) is 23.1. The molecule has 2 aromatic heterocycles. The molecule has 1 aliphatic rings. The normalized spacial score (nSPS) is 12.5. The maximum Gasteiger partial charge on any atom is 0.467 e. The van der Waals surface area contributed by atoms with Crippen molar-refractivity contribution in [1.82, 2.24) is 19.6 Å². The van der Waals surface area contributed by atoms with Crippen molar-refractivity contribution in [1.29, 1.82) is 0 Å². The zero-order valence-corrected chi connectivity index (χ0v) is 17.9. The Morgan fingerprint density at radius 3 is 2.33 bits per heavy atom. The van der Waals surface area contributed by atoms with Gasteiger partial charge in [0.2, 0.25) is 0 Å². The molecule has 9 heteroatoms. The number of carbonyl (C=O) groups is 1. The summed E-state index contributed by atoms with van der Waals surface area (Å²) in [6, 6.07) is 7.45. The van der Waals surface area contributed by atoms with E-state index < -0.39 is 11.6 Å². The minimum absolute atomic E-state index is 0.203. The molecule has 0 aliphatic carbocycles. The third-order valence-electron chi connectivity index (χ3n) is 4.24. The van der Waals surface area contributed by atoms with E-state index in [1.807, 2.05) is 25.3 Å². The molecule has 0 radical (unpaired) electrons. The van der Waals surface area contributed by atoms with Gasteiger partial charge in [-0.3, -0.25) is 4.98 Å². The zero-order valence-electron chi connectivity index (χ0n) is 17.1. The van der Waals surface area contributed by atoms with Gasteiger partial charge in [-0.15, -0.1) is 5.06 Å². The van der Waals surface area contributed by atoms with E-state index in [1.165, 1.54) is 23.9 Å². The highest BCUT2D eigenvalue weighted by atomic mass is 32.2. The van der Waals surface area contributed by atoms with Crippen LogP contribution in [0.5, 0.6) is 0 Å². The van der Waals surface area contributed by atoms with Crippen LogP contribution in [0.3, 0.4) is 0 Å². The van der Waals surface area contributed by atoms with Crippen molar-refractivity contribution in [2.75, 3.05) is 7.05 Å². The van der Waals surface area contributed by atoms with E-state index in [1.54, 1.807) is 13.2 Å². The maximum atomic E-state index is 13.6. The van der Waals surface area contributed by atoms with E-state index in [0.29, 0.717) is 11.4 Å². The third kappa shape index (κ3) is 5.56. The first-order valence-corrected chi connectivity index (χ1v) is 10.1. The standard InChI is InChI=1S/C19H19F2N3S.C2H3NO2/c1-12(2)18-19(25-17-8-15(20)7-16(21)9-17)24(13(3)23-18)11-14-5-4-6-22-10-14;1-3-2(4)5-3/h4-10,12H,11H2,1-3H3;1H3. The summed E-state index contributed by atoms with van der Waals surface area (Å²) in [5, 5.41) is 2.06. The zero-order chi connectivity index (χ0) is 21.8. The Labute approximate surface area is 177 Å². The van der Waals surface area contributed by atoms with Gasteiger partial charge >= 0.3 is 6.09 Å². The Morgan fingerprint density at radius 2 is 1.83 bits per heavy atom. The van der Waals surface area contributed by atoms with Crippen LogP contribution in [0.1, 0.15) is 36.8 Å². The van der Waals surface area contributed by atoms with Gasteiger partial charge in [0.05, 0.1) is 19.3 Å². The molecule has 0 spiro atoms. The Balaban J connectivity index is 0.000000448. The Hall–Kier alpha value is -2.94. The van der Waals surface area contributed by atoms with E-state index >= 15 is 0 Å². The molecule has 0 atom stereocenters. The van der Waals surface area contributed by atoms with Crippen LogP contribution in [-0.4, -0.2) is 32.7 Å². The first-order valence-electron chi connectivity index (χ1n) is 9.30. The Morgan fingerprint density at radius 1 is 1.20 bits per heavy atom. The molecule has 4 rings (SSSR count). The second-order valence-corrected chi connectivity index (χ2v) is 8.08. The quantitative estimate of drug-likeness (QED) is 0.521. The Bertz CT molecular complexity index is 1020. The number of aromatic nitrogens is 3. The van der Waals surface area contributed by atoms with Gasteiger partial charge < -0.3 is 9.40 Å². The number of nitrogens with zero attached hydrogens (tertiary/aromatic N) is 4. The molecule has 1 aromatic carbocycles. The molecule has 1 saturated heterocycles. The fraction of sp³-hybridized carbons (Fsp3) is 0.286. The number of hydroxylamine groups is 2. The monoisotopic (exact) mass is 432 g/mol. The van der Waals surface area contributed by atoms with E-state index in [-0.39, 0.29) is 12.0 Å². The summed E-state index contributed by atoms with van der Waals surface area (Å²) in [7, 11) is 1.56. The van der Waals surface area contributed by atoms with Crippen molar-refractivity contribution in [3.05, 3.63) is 71.4 Å². The number of halogens is 2. The van der Waals surface area contributed by atoms with Gasteiger partial charge in [-0.05, 0) is 36.6 Å². The summed E-state index contributed by atoms with van der Waals surface area (Å²) in [6.07, 6.45) is 3.30. The van der Waals surface area contributed by atoms with Crippen molar-refractivity contribution in [3.63, 3.8) is 0 Å². The number of hydrogen-bond donors (Lipinski definition) is 0. The average Bonchev–Trinajstić information content (AvgIpc) is 3.24. The Kier molecular flexibility index (Phi) is 6.71. The van der Waals surface area contributed by atoms with Crippen LogP contribution in [0.2, 0.25) is 0 Å². The third-order valence-corrected chi connectivity index (χ3v) is 5.33. The maximum absolute atomic E-state index is 13.6. The minimum Gasteiger partial charge on any atom is -0.318 e. The lowest BCUT2D eigenvalue weighted by Crippen LogP contribution is -2.04. The molecule has 158 valence electrons. The van der Waals surface area contributed by atoms with Gasteiger partial charge in [-0.25, -0.2) is 18.6 Å². The number of hydrogen-bond acceptors (Lipinski definition) is 5. The molecule has 1 aliphatic heterocycles. The highest BCUT2D eigenvalue weighted by molar-refractivity contribution is 7.99. The van der Waals surface area contributed by atoms with E-state index in [2.05, 4.69) is 33.2 Å². The fourth-order valence-corrected chi connectivity index (χ4v) is 3.97. The van der Waals surface area contributed by atoms with Crippen LogP contribution in [0.4, 0.5) is 13.6 Å². The molecule has 1 fully saturated rings. The van der Waals surface area contributed by atoms with Gasteiger partial charge in [-0.2, -0.15) is 0 Å². The highest BCUT2D eigenvalue weighted by Crippen LogP contribution is 2.35. The number of pyridine rings is 1. The van der Waals surface area contributed by atoms with Crippen LogP contribution < -0.4 is 0 Å². The lowest BCUT2D eigenvalue weighted by Gasteiger charge is -2.12. The SMILES string of the molecule is CN1OC1=O.Cc1nc(C(C)C)c(Sc2cc(F)cc(F)c2)n1Cc1cccnc1. The van der Waals surface area contributed by atoms with Crippen LogP contribution in [-0.2, 0) is 11.4 Å². The summed E-state index contributed by atoms with van der Waals surface area (Å²) >= 11 is 1.34. The largest absolute Gasteiger partial charge is 0.467 e. The first kappa shape index (κ1) is 21.8. The van der Waals surface area contributed by atoms with Gasteiger partial charge in [0.15, 0.2) is 0 Å². The molecule has 0 N–H and O–H groups in total. The smallest absolute Gasteiger partial charge is 0.318 e. The molecule has 0 bridgehead atoms. The molecule has 0 saturated carbocycles. The number of carbonyl (C=O) groups excluding carboxylic acids is 1. The lowest BCUT2D eigenvalue weighted by atomic mass is 10.1. The topological polar surface area (TPSA) is 63.3 Å². The van der Waals surface area contributed by atoms with Crippen LogP contribution in [0.15, 0.2) is 52.6 Å². The number of aryl methyl sites for hydroxylation is 1. The van der Waals surface area contributed by atoms with E-state index in [4.69, 9.17) is 0 Å². The summed E-state index contributed by atoms with van der Waals surface area (Å²) in [5.41, 5.74) is 1.97. The van der Waals surface area contributed by atoms with Crippen molar-refractivity contribution >= 4 is 17.9 Å². The van der Waals surface area contributed by atoms with E-state index in [9.17, 15) is 13.6 Å². The second kappa shape index (κ2) is 9.25. The number of amides is 1. The molecule has 1 amide bonds. The molecule has 30 heavy (non-hydrogen) atoms. The van der Waals surface area contributed by atoms with Crippen LogP contribution in [0.25, 0.3) is 0 Å². The first-order chi connectivity index (χ1) is 14.2. The van der Waals surface area contributed by atoms with Crippen molar-refractivity contribution in [2.45, 2.75) is 43.2 Å². The minimum atomic E-state index is -0.580.